The van der Waals surface area contributed by atoms with E-state index in [0.29, 0.717) is 11.8 Å². The Bertz CT molecular complexity index is 1020. The Labute approximate surface area is 164 Å². The molecule has 0 spiro atoms. The molecule has 2 saturated heterocycles. The van der Waals surface area contributed by atoms with Crippen LogP contribution in [0, 0.1) is 19.8 Å². The summed E-state index contributed by atoms with van der Waals surface area (Å²) in [5, 5.41) is 15.1. The number of phenols is 1. The molecule has 7 heteroatoms. The maximum absolute atomic E-state index is 10.4. The SMILES string of the molecule is Cc1cc(C)c(-c2ccn3nc(N4CCC5CCN(C)CC54)nc3n2)c(O)c1. The van der Waals surface area contributed by atoms with Gasteiger partial charge in [-0.2, -0.15) is 4.98 Å². The zero-order chi connectivity index (χ0) is 19.4. The van der Waals surface area contributed by atoms with E-state index in [-0.39, 0.29) is 5.75 Å². The minimum absolute atomic E-state index is 0.252. The Balaban J connectivity index is 1.51. The van der Waals surface area contributed by atoms with Crippen molar-refractivity contribution < 1.29 is 5.11 Å². The highest BCUT2D eigenvalue weighted by Gasteiger charge is 2.39. The highest BCUT2D eigenvalue weighted by atomic mass is 16.3. The Morgan fingerprint density at radius 2 is 1.93 bits per heavy atom. The Kier molecular flexibility index (Phi) is 4.01. The van der Waals surface area contributed by atoms with E-state index < -0.39 is 0 Å². The molecular formula is C21H26N6O. The summed E-state index contributed by atoms with van der Waals surface area (Å²) in [6, 6.07) is 6.20. The highest BCUT2D eigenvalue weighted by Crippen LogP contribution is 2.35. The number of rotatable bonds is 2. The summed E-state index contributed by atoms with van der Waals surface area (Å²) in [4.78, 5) is 14.2. The predicted molar refractivity (Wildman–Crippen MR) is 109 cm³/mol. The van der Waals surface area contributed by atoms with Gasteiger partial charge in [-0.1, -0.05) is 6.07 Å². The maximum Gasteiger partial charge on any atom is 0.254 e. The van der Waals surface area contributed by atoms with Gasteiger partial charge >= 0.3 is 0 Å². The van der Waals surface area contributed by atoms with E-state index in [1.807, 2.05) is 26.1 Å². The smallest absolute Gasteiger partial charge is 0.254 e. The number of piperidine rings is 1. The fourth-order valence-electron chi connectivity index (χ4n) is 4.85. The van der Waals surface area contributed by atoms with Crippen LogP contribution >= 0.6 is 0 Å². The molecule has 28 heavy (non-hydrogen) atoms. The lowest BCUT2D eigenvalue weighted by Gasteiger charge is -2.36. The third-order valence-electron chi connectivity index (χ3n) is 6.23. The minimum Gasteiger partial charge on any atom is -0.507 e. The van der Waals surface area contributed by atoms with E-state index in [4.69, 9.17) is 15.1 Å². The average Bonchev–Trinajstić information content (AvgIpc) is 3.23. The summed E-state index contributed by atoms with van der Waals surface area (Å²) in [7, 11) is 2.19. The molecule has 2 aliphatic heterocycles. The second-order valence-electron chi connectivity index (χ2n) is 8.31. The Morgan fingerprint density at radius 3 is 2.75 bits per heavy atom. The van der Waals surface area contributed by atoms with Crippen molar-refractivity contribution in [3.63, 3.8) is 0 Å². The molecule has 2 fully saturated rings. The van der Waals surface area contributed by atoms with Gasteiger partial charge in [-0.05, 0) is 69.5 Å². The molecule has 146 valence electrons. The second kappa shape index (κ2) is 6.44. The number of benzene rings is 1. The van der Waals surface area contributed by atoms with E-state index in [1.54, 1.807) is 10.6 Å². The first kappa shape index (κ1) is 17.4. The van der Waals surface area contributed by atoms with Crippen LogP contribution in [0.15, 0.2) is 24.4 Å². The van der Waals surface area contributed by atoms with Crippen LogP contribution in [-0.4, -0.2) is 62.3 Å². The van der Waals surface area contributed by atoms with Crippen molar-refractivity contribution in [3.05, 3.63) is 35.5 Å². The van der Waals surface area contributed by atoms with Crippen LogP contribution in [0.25, 0.3) is 17.0 Å². The van der Waals surface area contributed by atoms with Gasteiger partial charge in [0, 0.05) is 30.9 Å². The monoisotopic (exact) mass is 378 g/mol. The van der Waals surface area contributed by atoms with Crippen molar-refractivity contribution in [3.8, 4) is 17.0 Å². The normalized spacial score (nSPS) is 22.8. The van der Waals surface area contributed by atoms with Crippen LogP contribution in [0.4, 0.5) is 5.95 Å². The molecule has 1 aromatic carbocycles. The molecule has 0 amide bonds. The Hall–Kier alpha value is -2.67. The highest BCUT2D eigenvalue weighted by molar-refractivity contribution is 5.72. The molecule has 2 aromatic heterocycles. The van der Waals surface area contributed by atoms with E-state index in [1.165, 1.54) is 19.4 Å². The first-order valence-electron chi connectivity index (χ1n) is 9.99. The number of fused-ring (bicyclic) bond motifs is 2. The number of likely N-dealkylation sites (tertiary alicyclic amines) is 1. The van der Waals surface area contributed by atoms with Crippen molar-refractivity contribution in [1.29, 1.82) is 0 Å². The topological polar surface area (TPSA) is 69.8 Å². The fourth-order valence-corrected chi connectivity index (χ4v) is 4.85. The van der Waals surface area contributed by atoms with Crippen LogP contribution in [-0.2, 0) is 0 Å². The number of phenolic OH excluding ortho intramolecular Hbond substituents is 1. The van der Waals surface area contributed by atoms with E-state index in [0.717, 1.165) is 47.3 Å². The lowest BCUT2D eigenvalue weighted by Crippen LogP contribution is -2.47. The lowest BCUT2D eigenvalue weighted by atomic mass is 9.92. The molecule has 2 aliphatic rings. The van der Waals surface area contributed by atoms with E-state index >= 15 is 0 Å². The van der Waals surface area contributed by atoms with Gasteiger partial charge < -0.3 is 14.9 Å². The van der Waals surface area contributed by atoms with Gasteiger partial charge in [0.15, 0.2) is 0 Å². The summed E-state index contributed by atoms with van der Waals surface area (Å²) in [5.74, 6) is 2.32. The standard InChI is InChI=1S/C21H26N6O/c1-13-10-14(2)19(18(28)11-13)16-6-9-27-20(22-16)23-21(24-27)26-8-5-15-4-7-25(3)12-17(15)26/h6,9-11,15,17,28H,4-5,7-8,12H2,1-3H3. The van der Waals surface area contributed by atoms with Crippen molar-refractivity contribution in [1.82, 2.24) is 24.5 Å². The molecule has 3 aromatic rings. The molecular weight excluding hydrogens is 352 g/mol. The quantitative estimate of drug-likeness (QED) is 0.739. The molecule has 7 nitrogen and oxygen atoms in total. The van der Waals surface area contributed by atoms with Gasteiger partial charge in [-0.25, -0.2) is 9.50 Å². The van der Waals surface area contributed by atoms with Gasteiger partial charge in [0.2, 0.25) is 5.95 Å². The Morgan fingerprint density at radius 1 is 1.11 bits per heavy atom. The first-order chi connectivity index (χ1) is 13.5. The molecule has 2 atom stereocenters. The van der Waals surface area contributed by atoms with Crippen molar-refractivity contribution in [2.24, 2.45) is 5.92 Å². The van der Waals surface area contributed by atoms with E-state index in [9.17, 15) is 5.11 Å². The van der Waals surface area contributed by atoms with Gasteiger partial charge in [0.1, 0.15) is 5.75 Å². The van der Waals surface area contributed by atoms with Gasteiger partial charge in [0.05, 0.1) is 5.69 Å². The number of nitrogens with zero attached hydrogens (tertiary/aromatic N) is 6. The molecule has 0 saturated carbocycles. The number of anilines is 1. The van der Waals surface area contributed by atoms with Crippen LogP contribution in [0.2, 0.25) is 0 Å². The minimum atomic E-state index is 0.252. The number of aromatic hydroxyl groups is 1. The van der Waals surface area contributed by atoms with Gasteiger partial charge in [0.25, 0.3) is 5.78 Å². The number of likely N-dealkylation sites (N-methyl/N-ethyl adjacent to an activating group) is 1. The third kappa shape index (κ3) is 2.81. The zero-order valence-corrected chi connectivity index (χ0v) is 16.6. The average molecular weight is 378 g/mol. The molecule has 0 radical (unpaired) electrons. The molecule has 2 unspecified atom stereocenters. The summed E-state index contributed by atoms with van der Waals surface area (Å²) in [5.41, 5.74) is 3.51. The number of aromatic nitrogens is 4. The lowest BCUT2D eigenvalue weighted by molar-refractivity contribution is 0.207. The maximum atomic E-state index is 10.4. The molecule has 0 aliphatic carbocycles. The van der Waals surface area contributed by atoms with Crippen LogP contribution < -0.4 is 4.90 Å². The second-order valence-corrected chi connectivity index (χ2v) is 8.31. The summed E-state index contributed by atoms with van der Waals surface area (Å²) >= 11 is 0. The molecule has 5 rings (SSSR count). The van der Waals surface area contributed by atoms with Crippen LogP contribution in [0.3, 0.4) is 0 Å². The summed E-state index contributed by atoms with van der Waals surface area (Å²) in [6.45, 7) is 7.22. The fraction of sp³-hybridized carbons (Fsp3) is 0.476. The van der Waals surface area contributed by atoms with Gasteiger partial charge in [-0.15, -0.1) is 5.10 Å². The molecule has 4 heterocycles. The number of aryl methyl sites for hydroxylation is 2. The first-order valence-corrected chi connectivity index (χ1v) is 9.99. The third-order valence-corrected chi connectivity index (χ3v) is 6.23. The molecule has 0 bridgehead atoms. The largest absolute Gasteiger partial charge is 0.507 e. The van der Waals surface area contributed by atoms with Crippen molar-refractivity contribution in [2.45, 2.75) is 32.7 Å². The zero-order valence-electron chi connectivity index (χ0n) is 16.6. The number of hydrogen-bond donors (Lipinski definition) is 1. The van der Waals surface area contributed by atoms with Crippen molar-refractivity contribution in [2.75, 3.05) is 31.6 Å². The predicted octanol–water partition coefficient (Wildman–Crippen LogP) is 2.64. The van der Waals surface area contributed by atoms with Crippen LogP contribution in [0.5, 0.6) is 5.75 Å². The summed E-state index contributed by atoms with van der Waals surface area (Å²) < 4.78 is 1.74. The van der Waals surface area contributed by atoms with Crippen molar-refractivity contribution >= 4 is 11.7 Å². The molecule has 1 N–H and O–H groups in total. The van der Waals surface area contributed by atoms with E-state index in [2.05, 4.69) is 22.9 Å². The van der Waals surface area contributed by atoms with Crippen LogP contribution in [0.1, 0.15) is 24.0 Å². The number of hydrogen-bond acceptors (Lipinski definition) is 6. The van der Waals surface area contributed by atoms with Gasteiger partial charge in [-0.3, -0.25) is 0 Å². The summed E-state index contributed by atoms with van der Waals surface area (Å²) in [6.07, 6.45) is 4.34.